The predicted octanol–water partition coefficient (Wildman–Crippen LogP) is 3.07. The van der Waals surface area contributed by atoms with Crippen molar-refractivity contribution in [1.82, 2.24) is 15.2 Å². The quantitative estimate of drug-likeness (QED) is 0.829. The molecule has 0 bridgehead atoms. The Labute approximate surface area is 123 Å². The second-order valence-corrected chi connectivity index (χ2v) is 6.12. The first-order valence-electron chi connectivity index (χ1n) is 8.11. The fraction of sp³-hybridized carbons (Fsp3) is 0.706. The van der Waals surface area contributed by atoms with Crippen LogP contribution in [0.2, 0.25) is 0 Å². The van der Waals surface area contributed by atoms with E-state index in [0.717, 1.165) is 13.1 Å². The van der Waals surface area contributed by atoms with Crippen LogP contribution in [0.4, 0.5) is 0 Å². The second kappa shape index (κ2) is 7.75. The second-order valence-electron chi connectivity index (χ2n) is 6.12. The molecule has 0 unspecified atom stereocenters. The molecule has 1 aliphatic heterocycles. The fourth-order valence-corrected chi connectivity index (χ4v) is 3.45. The molecule has 2 rings (SSSR count). The molecule has 1 aliphatic rings. The van der Waals surface area contributed by atoms with Crippen LogP contribution in [0.5, 0.6) is 0 Å². The molecule has 0 radical (unpaired) electrons. The maximum atomic E-state index is 4.47. The van der Waals surface area contributed by atoms with Gasteiger partial charge in [-0.1, -0.05) is 26.3 Å². The van der Waals surface area contributed by atoms with Gasteiger partial charge < -0.3 is 5.32 Å². The maximum Gasteiger partial charge on any atom is 0.0543 e. The molecule has 0 aromatic carbocycles. The number of hydrogen-bond acceptors (Lipinski definition) is 3. The van der Waals surface area contributed by atoms with Crippen LogP contribution < -0.4 is 5.32 Å². The average molecular weight is 275 g/mol. The van der Waals surface area contributed by atoms with Crippen LogP contribution >= 0.6 is 0 Å². The molecule has 2 heterocycles. The summed E-state index contributed by atoms with van der Waals surface area (Å²) in [5.74, 6) is 0. The van der Waals surface area contributed by atoms with Gasteiger partial charge in [0.2, 0.25) is 0 Å². The monoisotopic (exact) mass is 275 g/mol. The van der Waals surface area contributed by atoms with Gasteiger partial charge >= 0.3 is 0 Å². The summed E-state index contributed by atoms with van der Waals surface area (Å²) in [7, 11) is 0. The van der Waals surface area contributed by atoms with Gasteiger partial charge in [0, 0.05) is 19.3 Å². The van der Waals surface area contributed by atoms with Gasteiger partial charge in [0.1, 0.15) is 0 Å². The Morgan fingerprint density at radius 1 is 1.25 bits per heavy atom. The van der Waals surface area contributed by atoms with Crippen LogP contribution in [0.15, 0.2) is 24.4 Å². The van der Waals surface area contributed by atoms with Gasteiger partial charge in [0.25, 0.3) is 0 Å². The molecule has 0 amide bonds. The van der Waals surface area contributed by atoms with Crippen molar-refractivity contribution in [3.05, 3.63) is 30.1 Å². The number of pyridine rings is 1. The number of nitrogens with zero attached hydrogens (tertiary/aromatic N) is 2. The van der Waals surface area contributed by atoms with Crippen LogP contribution in [-0.2, 0) is 6.54 Å². The summed E-state index contributed by atoms with van der Waals surface area (Å²) in [6.45, 7) is 10.3. The predicted molar refractivity (Wildman–Crippen MR) is 84.6 cm³/mol. The van der Waals surface area contributed by atoms with E-state index in [0.29, 0.717) is 5.41 Å². The molecular weight excluding hydrogens is 246 g/mol. The molecular formula is C17H29N3. The standard InChI is InChI=1S/C17H29N3/c1-3-8-17(9-12-18-13-10-17)15-20(4-2)14-16-7-5-6-11-19-16/h5-7,11,18H,3-4,8-10,12-15H2,1-2H3. The summed E-state index contributed by atoms with van der Waals surface area (Å²) in [6, 6.07) is 6.21. The fourth-order valence-electron chi connectivity index (χ4n) is 3.45. The molecule has 1 fully saturated rings. The Kier molecular flexibility index (Phi) is 5.99. The van der Waals surface area contributed by atoms with E-state index in [4.69, 9.17) is 0 Å². The molecule has 112 valence electrons. The lowest BCUT2D eigenvalue weighted by molar-refractivity contribution is 0.0988. The van der Waals surface area contributed by atoms with Crippen molar-refractivity contribution in [2.75, 3.05) is 26.2 Å². The molecule has 3 nitrogen and oxygen atoms in total. The molecule has 0 spiro atoms. The zero-order valence-corrected chi connectivity index (χ0v) is 13.1. The summed E-state index contributed by atoms with van der Waals surface area (Å²) < 4.78 is 0. The maximum absolute atomic E-state index is 4.47. The van der Waals surface area contributed by atoms with Gasteiger partial charge in [-0.05, 0) is 56.4 Å². The van der Waals surface area contributed by atoms with Crippen molar-refractivity contribution < 1.29 is 0 Å². The third-order valence-corrected chi connectivity index (χ3v) is 4.56. The molecule has 3 heteroatoms. The van der Waals surface area contributed by atoms with Crippen LogP contribution in [0.25, 0.3) is 0 Å². The van der Waals surface area contributed by atoms with Gasteiger partial charge in [-0.15, -0.1) is 0 Å². The lowest BCUT2D eigenvalue weighted by atomic mass is 9.75. The highest BCUT2D eigenvalue weighted by Gasteiger charge is 2.32. The van der Waals surface area contributed by atoms with Crippen molar-refractivity contribution in [3.8, 4) is 0 Å². The zero-order chi connectivity index (χ0) is 14.3. The summed E-state index contributed by atoms with van der Waals surface area (Å²) >= 11 is 0. The summed E-state index contributed by atoms with van der Waals surface area (Å²) in [6.07, 6.45) is 7.18. The number of rotatable bonds is 7. The molecule has 1 aromatic heterocycles. The van der Waals surface area contributed by atoms with Crippen LogP contribution in [0, 0.1) is 5.41 Å². The Hall–Kier alpha value is -0.930. The van der Waals surface area contributed by atoms with Gasteiger partial charge in [-0.3, -0.25) is 9.88 Å². The summed E-state index contributed by atoms with van der Waals surface area (Å²) in [5.41, 5.74) is 1.71. The topological polar surface area (TPSA) is 28.2 Å². The third kappa shape index (κ3) is 4.29. The lowest BCUT2D eigenvalue weighted by Gasteiger charge is -2.41. The first-order chi connectivity index (χ1) is 9.78. The van der Waals surface area contributed by atoms with Crippen molar-refractivity contribution >= 4 is 0 Å². The largest absolute Gasteiger partial charge is 0.317 e. The molecule has 20 heavy (non-hydrogen) atoms. The minimum Gasteiger partial charge on any atom is -0.317 e. The lowest BCUT2D eigenvalue weighted by Crippen LogP contribution is -2.44. The smallest absolute Gasteiger partial charge is 0.0543 e. The van der Waals surface area contributed by atoms with Gasteiger partial charge in [0.15, 0.2) is 0 Å². The number of hydrogen-bond donors (Lipinski definition) is 1. The van der Waals surface area contributed by atoms with Crippen molar-refractivity contribution in [2.45, 2.75) is 46.1 Å². The first kappa shape index (κ1) is 15.5. The number of nitrogens with one attached hydrogen (secondary N) is 1. The van der Waals surface area contributed by atoms with Crippen LogP contribution in [-0.4, -0.2) is 36.1 Å². The van der Waals surface area contributed by atoms with E-state index >= 15 is 0 Å². The summed E-state index contributed by atoms with van der Waals surface area (Å²) in [5, 5.41) is 3.51. The van der Waals surface area contributed by atoms with E-state index in [1.807, 2.05) is 12.3 Å². The van der Waals surface area contributed by atoms with E-state index in [2.05, 4.69) is 41.2 Å². The summed E-state index contributed by atoms with van der Waals surface area (Å²) in [4.78, 5) is 7.05. The number of aromatic nitrogens is 1. The van der Waals surface area contributed by atoms with Crippen LogP contribution in [0.3, 0.4) is 0 Å². The van der Waals surface area contributed by atoms with Crippen molar-refractivity contribution in [1.29, 1.82) is 0 Å². The molecule has 1 aromatic rings. The zero-order valence-electron chi connectivity index (χ0n) is 13.1. The van der Waals surface area contributed by atoms with E-state index in [1.54, 1.807) is 0 Å². The molecule has 0 aliphatic carbocycles. The minimum atomic E-state index is 0.519. The normalized spacial score (nSPS) is 18.4. The van der Waals surface area contributed by atoms with Gasteiger partial charge in [0.05, 0.1) is 5.69 Å². The first-order valence-corrected chi connectivity index (χ1v) is 8.11. The van der Waals surface area contributed by atoms with E-state index in [-0.39, 0.29) is 0 Å². The molecule has 0 saturated carbocycles. The van der Waals surface area contributed by atoms with Crippen molar-refractivity contribution in [3.63, 3.8) is 0 Å². The van der Waals surface area contributed by atoms with Crippen molar-refractivity contribution in [2.24, 2.45) is 5.41 Å². The Morgan fingerprint density at radius 2 is 2.05 bits per heavy atom. The molecule has 1 saturated heterocycles. The van der Waals surface area contributed by atoms with Gasteiger partial charge in [-0.25, -0.2) is 0 Å². The Morgan fingerprint density at radius 3 is 2.65 bits per heavy atom. The highest BCUT2D eigenvalue weighted by atomic mass is 15.1. The average Bonchev–Trinajstić information content (AvgIpc) is 2.49. The molecule has 0 atom stereocenters. The molecule has 1 N–H and O–H groups in total. The van der Waals surface area contributed by atoms with Gasteiger partial charge in [-0.2, -0.15) is 0 Å². The number of piperidine rings is 1. The Bertz CT molecular complexity index is 366. The van der Waals surface area contributed by atoms with Crippen LogP contribution in [0.1, 0.15) is 45.2 Å². The van der Waals surface area contributed by atoms with E-state index < -0.39 is 0 Å². The highest BCUT2D eigenvalue weighted by Crippen LogP contribution is 2.35. The minimum absolute atomic E-state index is 0.519. The third-order valence-electron chi connectivity index (χ3n) is 4.56. The Balaban J connectivity index is 1.99. The SMILES string of the molecule is CCCC1(CN(CC)Cc2ccccn2)CCNCC1. The van der Waals surface area contributed by atoms with E-state index in [9.17, 15) is 0 Å². The highest BCUT2D eigenvalue weighted by molar-refractivity contribution is 5.03. The van der Waals surface area contributed by atoms with E-state index in [1.165, 1.54) is 51.0 Å².